The molecule has 0 atom stereocenters. The van der Waals surface area contributed by atoms with E-state index in [0.717, 1.165) is 39.4 Å². The molecular weight excluding hydrogens is 372 g/mol. The van der Waals surface area contributed by atoms with E-state index in [2.05, 4.69) is 46.0 Å². The highest BCUT2D eigenvalue weighted by Crippen LogP contribution is 2.31. The molecule has 3 aromatic carbocycles. The molecular formula is C21H18N4O2S. The molecule has 4 aromatic rings. The molecule has 0 saturated carbocycles. The van der Waals surface area contributed by atoms with E-state index in [9.17, 15) is 10.1 Å². The van der Waals surface area contributed by atoms with Gasteiger partial charge in [-0.05, 0) is 23.3 Å². The Morgan fingerprint density at radius 2 is 1.82 bits per heavy atom. The minimum absolute atomic E-state index is 0.103. The van der Waals surface area contributed by atoms with Gasteiger partial charge in [0.25, 0.3) is 5.69 Å². The Bertz CT molecular complexity index is 1150. The van der Waals surface area contributed by atoms with E-state index in [1.165, 1.54) is 17.8 Å². The number of benzene rings is 3. The van der Waals surface area contributed by atoms with E-state index in [1.807, 2.05) is 24.3 Å². The summed E-state index contributed by atoms with van der Waals surface area (Å²) in [4.78, 5) is 10.6. The van der Waals surface area contributed by atoms with Gasteiger partial charge in [0, 0.05) is 30.0 Å². The third-order valence-corrected chi connectivity index (χ3v) is 5.59. The molecule has 0 amide bonds. The van der Waals surface area contributed by atoms with Gasteiger partial charge in [-0.1, -0.05) is 66.4 Å². The van der Waals surface area contributed by atoms with Crippen LogP contribution in [0.3, 0.4) is 0 Å². The lowest BCUT2D eigenvalue weighted by Gasteiger charge is -2.09. The molecule has 0 radical (unpaired) electrons. The van der Waals surface area contributed by atoms with Crippen LogP contribution in [0.2, 0.25) is 0 Å². The molecule has 0 spiro atoms. The van der Waals surface area contributed by atoms with Crippen molar-refractivity contribution in [3.05, 3.63) is 82.4 Å². The molecule has 4 rings (SSSR count). The summed E-state index contributed by atoms with van der Waals surface area (Å²) in [5, 5.41) is 22.9. The smallest absolute Gasteiger partial charge is 0.269 e. The van der Waals surface area contributed by atoms with Crippen LogP contribution in [0.1, 0.15) is 12.5 Å². The van der Waals surface area contributed by atoms with Crippen LogP contribution in [0.15, 0.2) is 71.9 Å². The number of non-ortho nitro benzene ring substituents is 1. The normalized spacial score (nSPS) is 11.0. The number of aromatic nitrogens is 3. The predicted octanol–water partition coefficient (Wildman–Crippen LogP) is 5.32. The van der Waals surface area contributed by atoms with Crippen molar-refractivity contribution in [2.75, 3.05) is 0 Å². The number of rotatable bonds is 6. The van der Waals surface area contributed by atoms with Crippen LogP contribution in [0.5, 0.6) is 0 Å². The first-order chi connectivity index (χ1) is 13.7. The van der Waals surface area contributed by atoms with E-state index >= 15 is 0 Å². The van der Waals surface area contributed by atoms with Gasteiger partial charge in [0.2, 0.25) is 0 Å². The first-order valence-corrected chi connectivity index (χ1v) is 9.93. The molecule has 0 fully saturated rings. The predicted molar refractivity (Wildman–Crippen MR) is 111 cm³/mol. The first-order valence-electron chi connectivity index (χ1n) is 8.95. The standard InChI is InChI=1S/C21H18N4O2S/c1-2-24-20(19-12-6-9-16-8-3-4-11-18(16)19)22-23-21(24)28-14-15-7-5-10-17(13-15)25(26)27/h3-13H,2,14H2,1H3. The van der Waals surface area contributed by atoms with Crippen molar-refractivity contribution in [2.24, 2.45) is 0 Å². The van der Waals surface area contributed by atoms with Crippen LogP contribution in [-0.2, 0) is 12.3 Å². The molecule has 28 heavy (non-hydrogen) atoms. The number of hydrogen-bond donors (Lipinski definition) is 0. The van der Waals surface area contributed by atoms with Crippen LogP contribution in [0.25, 0.3) is 22.2 Å². The van der Waals surface area contributed by atoms with Gasteiger partial charge in [-0.15, -0.1) is 10.2 Å². The molecule has 0 aliphatic carbocycles. The lowest BCUT2D eigenvalue weighted by atomic mass is 10.0. The summed E-state index contributed by atoms with van der Waals surface area (Å²) in [6.07, 6.45) is 0. The molecule has 0 bridgehead atoms. The van der Waals surface area contributed by atoms with Gasteiger partial charge in [-0.2, -0.15) is 0 Å². The minimum atomic E-state index is -0.374. The third-order valence-electron chi connectivity index (χ3n) is 4.55. The van der Waals surface area contributed by atoms with E-state index in [1.54, 1.807) is 12.1 Å². The summed E-state index contributed by atoms with van der Waals surface area (Å²) in [7, 11) is 0. The van der Waals surface area contributed by atoms with Gasteiger partial charge >= 0.3 is 0 Å². The third kappa shape index (κ3) is 3.48. The van der Waals surface area contributed by atoms with Gasteiger partial charge in [0.15, 0.2) is 11.0 Å². The summed E-state index contributed by atoms with van der Waals surface area (Å²) in [6.45, 7) is 2.80. The van der Waals surface area contributed by atoms with Crippen molar-refractivity contribution in [2.45, 2.75) is 24.4 Å². The molecule has 1 heterocycles. The van der Waals surface area contributed by atoms with Gasteiger partial charge in [-0.25, -0.2) is 0 Å². The first kappa shape index (κ1) is 18.2. The number of fused-ring (bicyclic) bond motifs is 1. The second-order valence-corrected chi connectivity index (χ2v) is 7.24. The molecule has 0 saturated heterocycles. The summed E-state index contributed by atoms with van der Waals surface area (Å²) in [6, 6.07) is 21.1. The molecule has 0 N–H and O–H groups in total. The highest BCUT2D eigenvalue weighted by atomic mass is 32.2. The maximum atomic E-state index is 11.0. The average molecular weight is 390 g/mol. The molecule has 7 heteroatoms. The Hall–Kier alpha value is -3.19. The largest absolute Gasteiger partial charge is 0.302 e. The molecule has 0 unspecified atom stereocenters. The van der Waals surface area contributed by atoms with Crippen molar-refractivity contribution in [1.82, 2.24) is 14.8 Å². The van der Waals surface area contributed by atoms with Crippen molar-refractivity contribution in [1.29, 1.82) is 0 Å². The molecule has 6 nitrogen and oxygen atoms in total. The average Bonchev–Trinajstić information content (AvgIpc) is 3.14. The second-order valence-electron chi connectivity index (χ2n) is 6.29. The summed E-state index contributed by atoms with van der Waals surface area (Å²) in [5.74, 6) is 1.43. The van der Waals surface area contributed by atoms with E-state index in [-0.39, 0.29) is 10.6 Å². The number of nitro benzene ring substituents is 1. The van der Waals surface area contributed by atoms with Gasteiger partial charge in [0.05, 0.1) is 4.92 Å². The topological polar surface area (TPSA) is 73.8 Å². The van der Waals surface area contributed by atoms with Crippen LogP contribution in [-0.4, -0.2) is 19.7 Å². The lowest BCUT2D eigenvalue weighted by molar-refractivity contribution is -0.384. The lowest BCUT2D eigenvalue weighted by Crippen LogP contribution is -2.00. The summed E-state index contributed by atoms with van der Waals surface area (Å²) >= 11 is 1.53. The molecule has 140 valence electrons. The van der Waals surface area contributed by atoms with Crippen molar-refractivity contribution in [3.63, 3.8) is 0 Å². The van der Waals surface area contributed by atoms with E-state index < -0.39 is 0 Å². The Labute approximate surface area is 166 Å². The van der Waals surface area contributed by atoms with Gasteiger partial charge in [-0.3, -0.25) is 10.1 Å². The quantitative estimate of drug-likeness (QED) is 0.253. The number of nitrogens with zero attached hydrogens (tertiary/aromatic N) is 4. The fraction of sp³-hybridized carbons (Fsp3) is 0.143. The molecule has 0 aliphatic rings. The van der Waals surface area contributed by atoms with Crippen molar-refractivity contribution >= 4 is 28.2 Å². The molecule has 0 aliphatic heterocycles. The number of thioether (sulfide) groups is 1. The van der Waals surface area contributed by atoms with Crippen molar-refractivity contribution in [3.8, 4) is 11.4 Å². The zero-order chi connectivity index (χ0) is 19.5. The minimum Gasteiger partial charge on any atom is -0.302 e. The Morgan fingerprint density at radius 1 is 1.04 bits per heavy atom. The number of hydrogen-bond acceptors (Lipinski definition) is 5. The fourth-order valence-corrected chi connectivity index (χ4v) is 4.15. The van der Waals surface area contributed by atoms with Crippen LogP contribution in [0, 0.1) is 10.1 Å². The van der Waals surface area contributed by atoms with Gasteiger partial charge in [0.1, 0.15) is 0 Å². The Balaban J connectivity index is 1.65. The van der Waals surface area contributed by atoms with E-state index in [0.29, 0.717) is 5.75 Å². The zero-order valence-corrected chi connectivity index (χ0v) is 16.1. The van der Waals surface area contributed by atoms with Gasteiger partial charge < -0.3 is 4.57 Å². The summed E-state index contributed by atoms with van der Waals surface area (Å²) in [5.41, 5.74) is 2.04. The Kier molecular flexibility index (Phi) is 5.08. The highest BCUT2D eigenvalue weighted by Gasteiger charge is 2.15. The maximum Gasteiger partial charge on any atom is 0.269 e. The monoisotopic (exact) mass is 390 g/mol. The number of nitro groups is 1. The fourth-order valence-electron chi connectivity index (χ4n) is 3.21. The van der Waals surface area contributed by atoms with Crippen LogP contribution < -0.4 is 0 Å². The van der Waals surface area contributed by atoms with Crippen LogP contribution >= 0.6 is 11.8 Å². The Morgan fingerprint density at radius 3 is 2.64 bits per heavy atom. The highest BCUT2D eigenvalue weighted by molar-refractivity contribution is 7.98. The zero-order valence-electron chi connectivity index (χ0n) is 15.3. The summed E-state index contributed by atoms with van der Waals surface area (Å²) < 4.78 is 2.09. The van der Waals surface area contributed by atoms with Crippen LogP contribution in [0.4, 0.5) is 5.69 Å². The van der Waals surface area contributed by atoms with Crippen molar-refractivity contribution < 1.29 is 4.92 Å². The maximum absolute atomic E-state index is 11.0. The van der Waals surface area contributed by atoms with E-state index in [4.69, 9.17) is 0 Å². The SMILES string of the molecule is CCn1c(SCc2cccc([N+](=O)[O-])c2)nnc1-c1cccc2ccccc12. The second kappa shape index (κ2) is 7.82. The molecule has 1 aromatic heterocycles.